The molecule has 0 radical (unpaired) electrons. The molecule has 5 nitrogen and oxygen atoms in total. The molecule has 5 heteroatoms. The van der Waals surface area contributed by atoms with Crippen LogP contribution < -0.4 is 0 Å². The van der Waals surface area contributed by atoms with Gasteiger partial charge in [-0.05, 0) is 5.56 Å². The Bertz CT molecular complexity index is 362. The second-order valence-corrected chi connectivity index (χ2v) is 2.88. The Kier molecular flexibility index (Phi) is 4.15. The van der Waals surface area contributed by atoms with Crippen LogP contribution in [0.1, 0.15) is 5.56 Å². The van der Waals surface area contributed by atoms with Gasteiger partial charge in [-0.2, -0.15) is 5.11 Å². The van der Waals surface area contributed by atoms with Crippen molar-refractivity contribution in [1.82, 2.24) is 0 Å². The van der Waals surface area contributed by atoms with Crippen LogP contribution in [0.25, 0.3) is 0 Å². The largest absolute Gasteiger partial charge is 0.480 e. The van der Waals surface area contributed by atoms with E-state index in [0.29, 0.717) is 0 Å². The van der Waals surface area contributed by atoms with Crippen molar-refractivity contribution in [3.05, 3.63) is 35.9 Å². The highest BCUT2D eigenvalue weighted by molar-refractivity contribution is 5.74. The molecule has 1 aromatic rings. The molecule has 1 amide bonds. The lowest BCUT2D eigenvalue weighted by Gasteiger charge is -2.04. The summed E-state index contributed by atoms with van der Waals surface area (Å²) in [7, 11) is 0. The first kappa shape index (κ1) is 11.0. The number of carboxylic acids is 1. The lowest BCUT2D eigenvalue weighted by atomic mass is 10.1. The summed E-state index contributed by atoms with van der Waals surface area (Å²) < 4.78 is 0. The van der Waals surface area contributed by atoms with Crippen LogP contribution in [-0.2, 0) is 16.0 Å². The molecule has 0 aliphatic heterocycles. The lowest BCUT2D eigenvalue weighted by molar-refractivity contribution is -0.138. The number of aliphatic carboxylic acids is 1. The Morgan fingerprint density at radius 1 is 1.40 bits per heavy atom. The van der Waals surface area contributed by atoms with Gasteiger partial charge in [0.15, 0.2) is 6.04 Å². The number of benzene rings is 1. The van der Waals surface area contributed by atoms with E-state index in [1.54, 1.807) is 12.1 Å². The molecule has 1 N–H and O–H groups in total. The summed E-state index contributed by atoms with van der Waals surface area (Å²) in [6.45, 7) is 0. The number of carbonyl (C=O) groups excluding carboxylic acids is 1. The predicted octanol–water partition coefficient (Wildman–Crippen LogP) is 1.29. The minimum atomic E-state index is -1.09. The first-order chi connectivity index (χ1) is 7.24. The van der Waals surface area contributed by atoms with Crippen molar-refractivity contribution in [3.8, 4) is 0 Å². The number of amides is 1. The summed E-state index contributed by atoms with van der Waals surface area (Å²) in [6, 6.07) is 8.05. The fraction of sp³-hybridized carbons (Fsp3) is 0.200. The number of rotatable bonds is 5. The van der Waals surface area contributed by atoms with Crippen LogP contribution in [0.4, 0.5) is 0 Å². The highest BCUT2D eigenvalue weighted by Crippen LogP contribution is 2.06. The van der Waals surface area contributed by atoms with E-state index in [1.807, 2.05) is 18.2 Å². The maximum atomic E-state index is 10.7. The smallest absolute Gasteiger partial charge is 0.330 e. The fourth-order valence-electron chi connectivity index (χ4n) is 1.12. The Balaban J connectivity index is 2.71. The van der Waals surface area contributed by atoms with Gasteiger partial charge >= 0.3 is 5.97 Å². The molecule has 0 saturated heterocycles. The van der Waals surface area contributed by atoms with Crippen LogP contribution in [0.15, 0.2) is 40.6 Å². The number of carbonyl (C=O) groups is 2. The van der Waals surface area contributed by atoms with Crippen LogP contribution in [0.5, 0.6) is 0 Å². The Labute approximate surface area is 86.5 Å². The molecule has 1 rings (SSSR count). The van der Waals surface area contributed by atoms with Gasteiger partial charge in [0.1, 0.15) is 0 Å². The first-order valence-electron chi connectivity index (χ1n) is 4.34. The maximum Gasteiger partial charge on any atom is 0.330 e. The van der Waals surface area contributed by atoms with Gasteiger partial charge in [0.25, 0.3) is 6.41 Å². The van der Waals surface area contributed by atoms with Gasteiger partial charge in [-0.1, -0.05) is 30.3 Å². The summed E-state index contributed by atoms with van der Waals surface area (Å²) in [4.78, 5) is 20.7. The standard InChI is InChI=1S/C10H10N2O3/c13-7-11-12-9(10(14)15)6-8-4-2-1-3-5-8/h1-5,7,9H,6H2,(H,14,15)/t9-/m0/s1. The van der Waals surface area contributed by atoms with E-state index in [9.17, 15) is 9.59 Å². The Morgan fingerprint density at radius 2 is 2.07 bits per heavy atom. The van der Waals surface area contributed by atoms with Crippen LogP contribution in [-0.4, -0.2) is 23.5 Å². The van der Waals surface area contributed by atoms with Crippen LogP contribution in [0.2, 0.25) is 0 Å². The van der Waals surface area contributed by atoms with Crippen LogP contribution >= 0.6 is 0 Å². The number of nitrogens with zero attached hydrogens (tertiary/aromatic N) is 2. The van der Waals surface area contributed by atoms with E-state index in [1.165, 1.54) is 0 Å². The Morgan fingerprint density at radius 3 is 2.60 bits per heavy atom. The van der Waals surface area contributed by atoms with Crippen LogP contribution in [0, 0.1) is 0 Å². The fourth-order valence-corrected chi connectivity index (χ4v) is 1.12. The van der Waals surface area contributed by atoms with Crippen molar-refractivity contribution in [2.24, 2.45) is 10.2 Å². The second-order valence-electron chi connectivity index (χ2n) is 2.88. The second kappa shape index (κ2) is 5.64. The van der Waals surface area contributed by atoms with Gasteiger partial charge in [-0.25, -0.2) is 4.79 Å². The third kappa shape index (κ3) is 3.68. The zero-order valence-corrected chi connectivity index (χ0v) is 7.91. The van der Waals surface area contributed by atoms with Gasteiger partial charge in [-0.15, -0.1) is 5.11 Å². The van der Waals surface area contributed by atoms with E-state index in [4.69, 9.17) is 5.11 Å². The lowest BCUT2D eigenvalue weighted by Crippen LogP contribution is -2.20. The monoisotopic (exact) mass is 206 g/mol. The van der Waals surface area contributed by atoms with E-state index >= 15 is 0 Å². The van der Waals surface area contributed by atoms with Gasteiger partial charge in [-0.3, -0.25) is 4.79 Å². The molecule has 1 atom stereocenters. The number of carboxylic acid groups (broad SMARTS) is 1. The summed E-state index contributed by atoms with van der Waals surface area (Å²) >= 11 is 0. The number of azo groups is 1. The van der Waals surface area contributed by atoms with Crippen molar-refractivity contribution in [1.29, 1.82) is 0 Å². The van der Waals surface area contributed by atoms with Gasteiger partial charge < -0.3 is 5.11 Å². The predicted molar refractivity (Wildman–Crippen MR) is 52.5 cm³/mol. The third-order valence-electron chi connectivity index (χ3n) is 1.81. The molecule has 0 aromatic heterocycles. The molecule has 0 unspecified atom stereocenters. The van der Waals surface area contributed by atoms with Gasteiger partial charge in [0, 0.05) is 6.42 Å². The van der Waals surface area contributed by atoms with E-state index in [2.05, 4.69) is 10.2 Å². The zero-order valence-electron chi connectivity index (χ0n) is 7.91. The molecule has 0 saturated carbocycles. The van der Waals surface area contributed by atoms with Crippen molar-refractivity contribution < 1.29 is 14.7 Å². The van der Waals surface area contributed by atoms with E-state index in [-0.39, 0.29) is 12.8 Å². The molecular formula is C10H10N2O3. The summed E-state index contributed by atoms with van der Waals surface area (Å²) in [5, 5.41) is 15.2. The summed E-state index contributed by atoms with van der Waals surface area (Å²) in [6.07, 6.45) is 0.453. The van der Waals surface area contributed by atoms with Crippen molar-refractivity contribution >= 4 is 12.4 Å². The molecule has 0 spiro atoms. The number of hydrogen-bond acceptors (Lipinski definition) is 3. The third-order valence-corrected chi connectivity index (χ3v) is 1.81. The van der Waals surface area contributed by atoms with Crippen molar-refractivity contribution in [3.63, 3.8) is 0 Å². The molecular weight excluding hydrogens is 196 g/mol. The summed E-state index contributed by atoms with van der Waals surface area (Å²) in [5.41, 5.74) is 0.842. The molecule has 15 heavy (non-hydrogen) atoms. The van der Waals surface area contributed by atoms with E-state index < -0.39 is 12.0 Å². The first-order valence-corrected chi connectivity index (χ1v) is 4.34. The zero-order chi connectivity index (χ0) is 11.1. The van der Waals surface area contributed by atoms with Gasteiger partial charge in [0.2, 0.25) is 0 Å². The number of hydrogen-bond donors (Lipinski definition) is 1. The van der Waals surface area contributed by atoms with Crippen molar-refractivity contribution in [2.45, 2.75) is 12.5 Å². The molecule has 0 bridgehead atoms. The minimum absolute atomic E-state index is 0.223. The molecule has 1 aromatic carbocycles. The molecule has 0 aliphatic rings. The minimum Gasteiger partial charge on any atom is -0.480 e. The quantitative estimate of drug-likeness (QED) is 0.582. The normalized spacial score (nSPS) is 12.5. The maximum absolute atomic E-state index is 10.7. The molecule has 78 valence electrons. The molecule has 0 heterocycles. The van der Waals surface area contributed by atoms with Crippen molar-refractivity contribution in [2.75, 3.05) is 0 Å². The molecule has 0 fully saturated rings. The molecule has 0 aliphatic carbocycles. The van der Waals surface area contributed by atoms with E-state index in [0.717, 1.165) is 5.56 Å². The summed E-state index contributed by atoms with van der Waals surface area (Å²) in [5.74, 6) is -1.09. The topological polar surface area (TPSA) is 79.1 Å². The highest BCUT2D eigenvalue weighted by atomic mass is 16.4. The van der Waals surface area contributed by atoms with Crippen LogP contribution in [0.3, 0.4) is 0 Å². The highest BCUT2D eigenvalue weighted by Gasteiger charge is 2.16. The Hall–Kier alpha value is -2.04. The average molecular weight is 206 g/mol. The average Bonchev–Trinajstić information content (AvgIpc) is 2.25. The van der Waals surface area contributed by atoms with Gasteiger partial charge in [0.05, 0.1) is 0 Å². The SMILES string of the molecule is O=CN=N[C@@H](Cc1ccccc1)C(=O)O.